The van der Waals surface area contributed by atoms with Gasteiger partial charge in [0.05, 0.1) is 20.1 Å². The maximum atomic E-state index is 11.4. The zero-order chi connectivity index (χ0) is 21.4. The molecule has 1 rings (SSSR count). The molecule has 0 saturated carbocycles. The number of unbranched alkanes of at least 4 members (excludes halogenated alkanes) is 11. The quantitative estimate of drug-likeness (QED) is 0.173. The molecular weight excluding hydrogens is 386 g/mol. The predicted octanol–water partition coefficient (Wildman–Crippen LogP) is 5.59. The van der Waals surface area contributed by atoms with E-state index in [9.17, 15) is 13.0 Å². The summed E-state index contributed by atoms with van der Waals surface area (Å²) in [6.07, 6.45) is 18.8. The molecule has 0 radical (unpaired) electrons. The maximum Gasteiger partial charge on any atom is 0.267 e. The number of hydrogen-bond donors (Lipinski definition) is 1. The van der Waals surface area contributed by atoms with Gasteiger partial charge in [-0.1, -0.05) is 77.6 Å². The van der Waals surface area contributed by atoms with Crippen molar-refractivity contribution in [2.24, 2.45) is 0 Å². The standard InChI is InChI=1S/C23H47NO4S/c1-3-4-5-6-7-8-9-10-11-12-13-17-20-28-23(22-29(25,26)27)21-24(2)18-15-14-16-19-24/h23H,3-22H2,1-2H3/p+1. The summed E-state index contributed by atoms with van der Waals surface area (Å²) >= 11 is 0. The predicted molar refractivity (Wildman–Crippen MR) is 122 cm³/mol. The van der Waals surface area contributed by atoms with Crippen molar-refractivity contribution in [2.45, 2.75) is 109 Å². The van der Waals surface area contributed by atoms with Crippen molar-refractivity contribution in [3.05, 3.63) is 0 Å². The van der Waals surface area contributed by atoms with E-state index < -0.39 is 16.2 Å². The van der Waals surface area contributed by atoms with Gasteiger partial charge in [-0.05, 0) is 25.7 Å². The number of quaternary nitrogens is 1. The van der Waals surface area contributed by atoms with Crippen LogP contribution < -0.4 is 0 Å². The van der Waals surface area contributed by atoms with Gasteiger partial charge in [0.25, 0.3) is 10.1 Å². The van der Waals surface area contributed by atoms with Crippen molar-refractivity contribution < 1.29 is 22.2 Å². The second-order valence-corrected chi connectivity index (χ2v) is 10.9. The van der Waals surface area contributed by atoms with Crippen LogP contribution in [0.5, 0.6) is 0 Å². The van der Waals surface area contributed by atoms with Crippen LogP contribution in [0, 0.1) is 0 Å². The van der Waals surface area contributed by atoms with Gasteiger partial charge in [-0.15, -0.1) is 0 Å². The fraction of sp³-hybridized carbons (Fsp3) is 1.00. The van der Waals surface area contributed by atoms with Crippen LogP contribution >= 0.6 is 0 Å². The highest BCUT2D eigenvalue weighted by atomic mass is 32.2. The van der Waals surface area contributed by atoms with E-state index in [1.807, 2.05) is 0 Å². The van der Waals surface area contributed by atoms with Gasteiger partial charge < -0.3 is 9.22 Å². The van der Waals surface area contributed by atoms with Crippen LogP contribution in [0.2, 0.25) is 0 Å². The van der Waals surface area contributed by atoms with E-state index in [0.717, 1.165) is 30.4 Å². The largest absolute Gasteiger partial charge is 0.371 e. The molecule has 0 aromatic rings. The third-order valence-corrected chi connectivity index (χ3v) is 7.08. The number of nitrogens with zero attached hydrogens (tertiary/aromatic N) is 1. The van der Waals surface area contributed by atoms with Crippen LogP contribution in [-0.2, 0) is 14.9 Å². The van der Waals surface area contributed by atoms with Crippen molar-refractivity contribution in [3.63, 3.8) is 0 Å². The van der Waals surface area contributed by atoms with E-state index in [1.54, 1.807) is 0 Å². The Morgan fingerprint density at radius 3 is 1.79 bits per heavy atom. The van der Waals surface area contributed by atoms with Gasteiger partial charge >= 0.3 is 0 Å². The van der Waals surface area contributed by atoms with Gasteiger partial charge in [0, 0.05) is 6.61 Å². The fourth-order valence-electron chi connectivity index (χ4n) is 4.53. The Bertz CT molecular complexity index is 489. The first kappa shape index (κ1) is 26.9. The first-order chi connectivity index (χ1) is 13.8. The number of piperidine rings is 1. The van der Waals surface area contributed by atoms with E-state index >= 15 is 0 Å². The van der Waals surface area contributed by atoms with Crippen molar-refractivity contribution in [2.75, 3.05) is 39.0 Å². The van der Waals surface area contributed by atoms with Crippen molar-refractivity contribution in [3.8, 4) is 0 Å². The first-order valence-corrected chi connectivity index (χ1v) is 13.9. The average molecular weight is 435 g/mol. The minimum atomic E-state index is -4.00. The molecule has 174 valence electrons. The Morgan fingerprint density at radius 1 is 0.828 bits per heavy atom. The van der Waals surface area contributed by atoms with E-state index in [4.69, 9.17) is 4.74 Å². The minimum absolute atomic E-state index is 0.279. The topological polar surface area (TPSA) is 63.6 Å². The second kappa shape index (κ2) is 15.6. The summed E-state index contributed by atoms with van der Waals surface area (Å²) in [6.45, 7) is 5.68. The summed E-state index contributed by atoms with van der Waals surface area (Å²) in [7, 11) is -1.82. The lowest BCUT2D eigenvalue weighted by Gasteiger charge is -2.39. The monoisotopic (exact) mass is 434 g/mol. The van der Waals surface area contributed by atoms with Crippen molar-refractivity contribution >= 4 is 10.1 Å². The molecular formula is C23H48NO4S+. The summed E-state index contributed by atoms with van der Waals surface area (Å²) in [5.41, 5.74) is 0. The smallest absolute Gasteiger partial charge is 0.267 e. The third-order valence-electron chi connectivity index (χ3n) is 6.29. The van der Waals surface area contributed by atoms with Crippen LogP contribution in [0.15, 0.2) is 0 Å². The molecule has 1 fully saturated rings. The molecule has 0 aromatic heterocycles. The molecule has 0 bridgehead atoms. The zero-order valence-corrected chi connectivity index (χ0v) is 20.1. The molecule has 0 amide bonds. The molecule has 1 aliphatic heterocycles. The van der Waals surface area contributed by atoms with Crippen LogP contribution in [-0.4, -0.2) is 62.6 Å². The lowest BCUT2D eigenvalue weighted by Crippen LogP contribution is -2.53. The molecule has 0 aromatic carbocycles. The van der Waals surface area contributed by atoms with E-state index in [2.05, 4.69) is 14.0 Å². The number of likely N-dealkylation sites (tertiary alicyclic amines) is 1. The number of hydrogen-bond acceptors (Lipinski definition) is 3. The zero-order valence-electron chi connectivity index (χ0n) is 19.2. The van der Waals surface area contributed by atoms with Gasteiger partial charge in [0.1, 0.15) is 18.4 Å². The molecule has 1 aliphatic rings. The van der Waals surface area contributed by atoms with Gasteiger partial charge in [-0.3, -0.25) is 4.55 Å². The van der Waals surface area contributed by atoms with Gasteiger partial charge in [-0.2, -0.15) is 8.42 Å². The van der Waals surface area contributed by atoms with Gasteiger partial charge in [0.15, 0.2) is 0 Å². The molecule has 1 saturated heterocycles. The lowest BCUT2D eigenvalue weighted by atomic mass is 10.1. The second-order valence-electron chi connectivity index (χ2n) is 9.44. The van der Waals surface area contributed by atoms with Gasteiger partial charge in [-0.25, -0.2) is 0 Å². The van der Waals surface area contributed by atoms with Gasteiger partial charge in [0.2, 0.25) is 0 Å². The van der Waals surface area contributed by atoms with E-state index in [0.29, 0.717) is 13.2 Å². The molecule has 0 spiro atoms. The number of likely N-dealkylation sites (N-methyl/N-ethyl adjacent to an activating group) is 1. The fourth-order valence-corrected chi connectivity index (χ4v) is 5.20. The third kappa shape index (κ3) is 15.3. The highest BCUT2D eigenvalue weighted by Gasteiger charge is 2.31. The van der Waals surface area contributed by atoms with Crippen molar-refractivity contribution in [1.29, 1.82) is 0 Å². The molecule has 1 unspecified atom stereocenters. The molecule has 5 nitrogen and oxygen atoms in total. The minimum Gasteiger partial charge on any atom is -0.371 e. The summed E-state index contributed by atoms with van der Waals surface area (Å²) in [5, 5.41) is 0. The summed E-state index contributed by atoms with van der Waals surface area (Å²) in [5.74, 6) is -0.279. The Kier molecular flexibility index (Phi) is 14.5. The van der Waals surface area contributed by atoms with E-state index in [-0.39, 0.29) is 5.75 Å². The average Bonchev–Trinajstić information content (AvgIpc) is 2.64. The number of rotatable bonds is 18. The molecule has 1 heterocycles. The molecule has 0 aliphatic carbocycles. The summed E-state index contributed by atoms with van der Waals surface area (Å²) in [6, 6.07) is 0. The summed E-state index contributed by atoms with van der Waals surface area (Å²) in [4.78, 5) is 0. The Balaban J connectivity index is 2.10. The molecule has 6 heteroatoms. The van der Waals surface area contributed by atoms with Crippen LogP contribution in [0.1, 0.15) is 103 Å². The highest BCUT2D eigenvalue weighted by Crippen LogP contribution is 2.18. The molecule has 1 N–H and O–H groups in total. The number of ether oxygens (including phenoxy) is 1. The molecule has 1 atom stereocenters. The summed E-state index contributed by atoms with van der Waals surface area (Å²) < 4.78 is 38.9. The van der Waals surface area contributed by atoms with Crippen molar-refractivity contribution in [1.82, 2.24) is 0 Å². The van der Waals surface area contributed by atoms with Crippen LogP contribution in [0.3, 0.4) is 0 Å². The highest BCUT2D eigenvalue weighted by molar-refractivity contribution is 7.85. The Labute approximate surface area is 180 Å². The lowest BCUT2D eigenvalue weighted by molar-refractivity contribution is -0.916. The van der Waals surface area contributed by atoms with Crippen LogP contribution in [0.25, 0.3) is 0 Å². The first-order valence-electron chi connectivity index (χ1n) is 12.2. The Morgan fingerprint density at radius 2 is 1.31 bits per heavy atom. The normalized spacial score (nSPS) is 18.0. The maximum absolute atomic E-state index is 11.4. The van der Waals surface area contributed by atoms with Crippen LogP contribution in [0.4, 0.5) is 0 Å². The molecule has 29 heavy (non-hydrogen) atoms. The van der Waals surface area contributed by atoms with E-state index in [1.165, 1.54) is 83.5 Å². The Hall–Kier alpha value is -0.170. The SMILES string of the molecule is CCCCCCCCCCCCCCOC(C[N+]1(C)CCCCC1)CS(=O)(=O)O.